The Kier molecular flexibility index (Phi) is 39.4. The van der Waals surface area contributed by atoms with Crippen molar-refractivity contribution in [2.24, 2.45) is 0 Å². The Balaban J connectivity index is -0.0000000300. The van der Waals surface area contributed by atoms with E-state index in [1.165, 1.54) is 0 Å². The molecule has 0 aromatic rings. The van der Waals surface area contributed by atoms with Crippen molar-refractivity contribution < 1.29 is 28.1 Å². The molecule has 0 N–H and O–H groups in total. The van der Waals surface area contributed by atoms with Crippen LogP contribution in [0.1, 0.15) is 0 Å². The van der Waals surface area contributed by atoms with Gasteiger partial charge in [-0.1, -0.05) is 0 Å². The average molecular weight is 327 g/mol. The SMILES string of the molecule is O=[Si]([O-])[O-].O=[Si]([O-])[O-].[Sr+2].[Sr+2]. The van der Waals surface area contributed by atoms with Crippen LogP contribution >= 0.6 is 0 Å². The van der Waals surface area contributed by atoms with E-state index in [1.54, 1.807) is 0 Å². The van der Waals surface area contributed by atoms with Crippen LogP contribution in [0, 0.1) is 0 Å². The van der Waals surface area contributed by atoms with Gasteiger partial charge in [0.1, 0.15) is 0 Å². The van der Waals surface area contributed by atoms with Gasteiger partial charge in [0, 0.05) is 18.3 Å². The summed E-state index contributed by atoms with van der Waals surface area (Å²) in [6, 6.07) is 0. The first-order chi connectivity index (χ1) is 3.46. The number of hydrogen-bond acceptors (Lipinski definition) is 6. The van der Waals surface area contributed by atoms with Gasteiger partial charge in [-0.3, -0.25) is 0 Å². The van der Waals surface area contributed by atoms with E-state index < -0.39 is 18.3 Å². The normalized spacial score (nSPS) is 4.80. The van der Waals surface area contributed by atoms with E-state index in [0.29, 0.717) is 0 Å². The molecule has 0 fully saturated rings. The molecule has 0 radical (unpaired) electrons. The van der Waals surface area contributed by atoms with E-state index in [0.717, 1.165) is 0 Å². The molecule has 0 aliphatic rings. The second kappa shape index (κ2) is 17.3. The Bertz CT molecular complexity index is 71.7. The summed E-state index contributed by atoms with van der Waals surface area (Å²) in [6.45, 7) is 0. The van der Waals surface area contributed by atoms with Crippen LogP contribution in [0.15, 0.2) is 0 Å². The molecule has 10 heavy (non-hydrogen) atoms. The third-order valence-electron chi connectivity index (χ3n) is 0. The number of rotatable bonds is 0. The molecule has 0 rings (SSSR count). The van der Waals surface area contributed by atoms with Crippen molar-refractivity contribution in [3.05, 3.63) is 0 Å². The van der Waals surface area contributed by atoms with Crippen molar-refractivity contribution in [3.8, 4) is 0 Å². The van der Waals surface area contributed by atoms with Gasteiger partial charge in [0.2, 0.25) is 0 Å². The molecule has 0 atom stereocenters. The summed E-state index contributed by atoms with van der Waals surface area (Å²) in [5.41, 5.74) is 0. The molecule has 0 saturated heterocycles. The Hall–Kier alpha value is 2.19. The molecule has 0 heterocycles. The first kappa shape index (κ1) is 22.8. The summed E-state index contributed by atoms with van der Waals surface area (Å²) in [6.07, 6.45) is 0. The van der Waals surface area contributed by atoms with Crippen LogP contribution in [0.25, 0.3) is 0 Å². The van der Waals surface area contributed by atoms with Crippen LogP contribution in [0.4, 0.5) is 0 Å². The van der Waals surface area contributed by atoms with Gasteiger partial charge in [0.25, 0.3) is 0 Å². The summed E-state index contributed by atoms with van der Waals surface area (Å²) in [5, 5.41) is 0. The van der Waals surface area contributed by atoms with Crippen molar-refractivity contribution >= 4 is 109 Å². The molecule has 0 spiro atoms. The van der Waals surface area contributed by atoms with Crippen LogP contribution < -0.4 is 19.2 Å². The Morgan fingerprint density at radius 2 is 0.700 bits per heavy atom. The van der Waals surface area contributed by atoms with Crippen molar-refractivity contribution in [3.63, 3.8) is 0 Å². The molecule has 0 unspecified atom stereocenters. The molecule has 6 nitrogen and oxygen atoms in total. The summed E-state index contributed by atoms with van der Waals surface area (Å²) in [4.78, 5) is 34.1. The molecule has 0 bridgehead atoms. The zero-order valence-corrected chi connectivity index (χ0v) is 13.8. The Morgan fingerprint density at radius 1 is 0.700 bits per heavy atom. The van der Waals surface area contributed by atoms with E-state index in [2.05, 4.69) is 0 Å². The topological polar surface area (TPSA) is 126 Å². The summed E-state index contributed by atoms with van der Waals surface area (Å²) >= 11 is 0. The fraction of sp³-hybridized carbons (Fsp3) is 0. The molecule has 0 amide bonds. The van der Waals surface area contributed by atoms with Gasteiger partial charge in [-0.2, -0.15) is 0 Å². The predicted octanol–water partition coefficient (Wildman–Crippen LogP) is -6.52. The molecule has 0 saturated carbocycles. The molecule has 0 aromatic carbocycles. The van der Waals surface area contributed by atoms with E-state index in [1.807, 2.05) is 0 Å². The zero-order chi connectivity index (χ0) is 7.15. The summed E-state index contributed by atoms with van der Waals surface area (Å²) in [5.74, 6) is 0. The van der Waals surface area contributed by atoms with Gasteiger partial charge in [0.05, 0.1) is 0 Å². The molecule has 0 aliphatic heterocycles. The standard InChI is InChI=1S/2O3Si.2Sr/c2*1-4(2)3;;/q2*-2;2*+2. The third-order valence-corrected chi connectivity index (χ3v) is 0. The Labute approximate surface area is 134 Å². The fourth-order valence-corrected chi connectivity index (χ4v) is 0. The fourth-order valence-electron chi connectivity index (χ4n) is 0. The van der Waals surface area contributed by atoms with Crippen molar-refractivity contribution in [2.75, 3.05) is 0 Å². The van der Waals surface area contributed by atoms with Crippen LogP contribution in [-0.2, 0) is 8.92 Å². The van der Waals surface area contributed by atoms with Crippen LogP contribution in [0.2, 0.25) is 0 Å². The van der Waals surface area contributed by atoms with Gasteiger partial charge in [0.15, 0.2) is 0 Å². The third kappa shape index (κ3) is 179. The second-order valence-electron chi connectivity index (χ2n) is 0.500. The van der Waals surface area contributed by atoms with Gasteiger partial charge in [-0.15, -0.1) is 0 Å². The van der Waals surface area contributed by atoms with Gasteiger partial charge >= 0.3 is 91.0 Å². The molecule has 0 aromatic heterocycles. The number of hydrogen-bond donors (Lipinski definition) is 0. The van der Waals surface area contributed by atoms with Crippen LogP contribution in [0.5, 0.6) is 0 Å². The first-order valence-electron chi connectivity index (χ1n) is 1.22. The summed E-state index contributed by atoms with van der Waals surface area (Å²) < 4.78 is 17.0. The van der Waals surface area contributed by atoms with E-state index in [4.69, 9.17) is 28.1 Å². The van der Waals surface area contributed by atoms with Gasteiger partial charge in [-0.25, -0.2) is 0 Å². The van der Waals surface area contributed by atoms with E-state index in [9.17, 15) is 0 Å². The maximum atomic E-state index is 8.52. The molecule has 10 heteroatoms. The predicted molar refractivity (Wildman–Crippen MR) is 24.4 cm³/mol. The minimum absolute atomic E-state index is 0. The quantitative estimate of drug-likeness (QED) is 0.407. The maximum absolute atomic E-state index is 8.52. The maximum Gasteiger partial charge on any atom is 2.00 e. The molecule has 48 valence electrons. The first-order valence-corrected chi connectivity index (χ1v) is 3.67. The average Bonchev–Trinajstić information content (AvgIpc) is 1.25. The van der Waals surface area contributed by atoms with Crippen LogP contribution in [0.3, 0.4) is 0 Å². The monoisotopic (exact) mass is 328 g/mol. The smallest absolute Gasteiger partial charge is 0.672 e. The zero-order valence-electron chi connectivity index (χ0n) is 4.86. The molecular formula is O6Si2Sr2. The largest absolute Gasteiger partial charge is 2.00 e. The minimum atomic E-state index is -3.63. The molecular weight excluding hydrogens is 327 g/mol. The Morgan fingerprint density at radius 3 is 0.700 bits per heavy atom. The van der Waals surface area contributed by atoms with Crippen LogP contribution in [-0.4, -0.2) is 109 Å². The summed E-state index contributed by atoms with van der Waals surface area (Å²) in [7, 11) is -7.26. The van der Waals surface area contributed by atoms with Gasteiger partial charge < -0.3 is 28.1 Å². The second-order valence-corrected chi connectivity index (χ2v) is 1.50. The van der Waals surface area contributed by atoms with Gasteiger partial charge in [-0.05, 0) is 0 Å². The van der Waals surface area contributed by atoms with E-state index >= 15 is 0 Å². The van der Waals surface area contributed by atoms with Crippen molar-refractivity contribution in [1.29, 1.82) is 0 Å². The minimum Gasteiger partial charge on any atom is -0.672 e. The molecule has 0 aliphatic carbocycles. The van der Waals surface area contributed by atoms with E-state index in [-0.39, 0.29) is 91.0 Å². The van der Waals surface area contributed by atoms with Crippen molar-refractivity contribution in [1.82, 2.24) is 0 Å². The van der Waals surface area contributed by atoms with Crippen molar-refractivity contribution in [2.45, 2.75) is 0 Å².